The number of aliphatic hydroxyl groups is 1. The fourth-order valence-corrected chi connectivity index (χ4v) is 3.42. The molecule has 3 amide bonds. The molecule has 4 rings (SSSR count). The molecule has 1 fully saturated rings. The maximum absolute atomic E-state index is 13.0. The van der Waals surface area contributed by atoms with Crippen molar-refractivity contribution in [3.8, 4) is 5.82 Å². The molecule has 1 aromatic carbocycles. The average Bonchev–Trinajstić information content (AvgIpc) is 3.57. The topological polar surface area (TPSA) is 149 Å². The Kier molecular flexibility index (Phi) is 7.92. The van der Waals surface area contributed by atoms with Crippen LogP contribution in [0.1, 0.15) is 34.6 Å². The van der Waals surface area contributed by atoms with Crippen molar-refractivity contribution in [3.05, 3.63) is 70.9 Å². The summed E-state index contributed by atoms with van der Waals surface area (Å²) in [5.74, 6) is -0.636. The van der Waals surface area contributed by atoms with Crippen LogP contribution in [0.4, 0.5) is 18.0 Å². The van der Waals surface area contributed by atoms with E-state index in [4.69, 9.17) is 17.0 Å². The molecule has 38 heavy (non-hydrogen) atoms. The first-order valence-corrected chi connectivity index (χ1v) is 11.7. The molecule has 11 nitrogen and oxygen atoms in total. The van der Waals surface area contributed by atoms with Gasteiger partial charge >= 0.3 is 12.2 Å². The molecule has 1 saturated carbocycles. The normalized spacial score (nSPS) is 14.0. The van der Waals surface area contributed by atoms with Gasteiger partial charge in [0.15, 0.2) is 17.7 Å². The third-order valence-corrected chi connectivity index (χ3v) is 5.72. The van der Waals surface area contributed by atoms with Gasteiger partial charge in [-0.25, -0.2) is 19.4 Å². The second-order valence-electron chi connectivity index (χ2n) is 8.41. The first-order valence-electron chi connectivity index (χ1n) is 11.3. The van der Waals surface area contributed by atoms with E-state index in [2.05, 4.69) is 25.7 Å². The highest BCUT2D eigenvalue weighted by Gasteiger charge is 2.41. The number of halogens is 4. The van der Waals surface area contributed by atoms with Crippen LogP contribution in [0.15, 0.2) is 48.9 Å². The van der Waals surface area contributed by atoms with Crippen molar-refractivity contribution >= 4 is 29.4 Å². The van der Waals surface area contributed by atoms with Crippen molar-refractivity contribution in [2.75, 3.05) is 6.54 Å². The van der Waals surface area contributed by atoms with E-state index in [1.54, 1.807) is 12.1 Å². The molecule has 1 aliphatic rings. The highest BCUT2D eigenvalue weighted by molar-refractivity contribution is 6.30. The van der Waals surface area contributed by atoms with Crippen LogP contribution in [0.2, 0.25) is 5.02 Å². The quantitative estimate of drug-likeness (QED) is 0.250. The number of aliphatic hydroxyl groups excluding tert-OH is 1. The number of aromatic nitrogens is 4. The largest absolute Gasteiger partial charge is 0.416 e. The lowest BCUT2D eigenvalue weighted by Crippen LogP contribution is -2.50. The van der Waals surface area contributed by atoms with E-state index in [0.29, 0.717) is 9.92 Å². The Labute approximate surface area is 219 Å². The number of hydrogen-bond acceptors (Lipinski definition) is 7. The molecule has 2 heterocycles. The van der Waals surface area contributed by atoms with Gasteiger partial charge in [-0.2, -0.15) is 13.2 Å². The zero-order valence-corrected chi connectivity index (χ0v) is 20.4. The maximum atomic E-state index is 13.0. The van der Waals surface area contributed by atoms with Gasteiger partial charge in [-0.05, 0) is 49.2 Å². The summed E-state index contributed by atoms with van der Waals surface area (Å²) in [6.07, 6.45) is -3.34. The highest BCUT2D eigenvalue weighted by Crippen LogP contribution is 2.22. The van der Waals surface area contributed by atoms with Crippen LogP contribution in [0, 0.1) is 5.41 Å². The van der Waals surface area contributed by atoms with Crippen molar-refractivity contribution in [1.29, 1.82) is 5.41 Å². The number of amidine groups is 1. The van der Waals surface area contributed by atoms with Crippen LogP contribution in [-0.2, 0) is 6.54 Å². The van der Waals surface area contributed by atoms with Crippen molar-refractivity contribution in [1.82, 2.24) is 35.3 Å². The Hall–Kier alpha value is -4.04. The lowest BCUT2D eigenvalue weighted by Gasteiger charge is -2.26. The number of benzene rings is 1. The van der Waals surface area contributed by atoms with E-state index in [1.165, 1.54) is 41.5 Å². The predicted octanol–water partition coefficient (Wildman–Crippen LogP) is 2.67. The highest BCUT2D eigenvalue weighted by atomic mass is 35.5. The van der Waals surface area contributed by atoms with Gasteiger partial charge < -0.3 is 15.7 Å². The molecule has 0 unspecified atom stereocenters. The minimum Gasteiger partial charge on any atom is -0.382 e. The van der Waals surface area contributed by atoms with Crippen molar-refractivity contribution in [3.63, 3.8) is 0 Å². The molecule has 0 spiro atoms. The summed E-state index contributed by atoms with van der Waals surface area (Å²) in [6.45, 7) is -1.54. The second-order valence-corrected chi connectivity index (χ2v) is 8.85. The minimum atomic E-state index is -5.01. The molecule has 1 atom stereocenters. The summed E-state index contributed by atoms with van der Waals surface area (Å²) in [5, 5.41) is 27.6. The monoisotopic (exact) mass is 550 g/mol. The molecule has 4 N–H and O–H groups in total. The van der Waals surface area contributed by atoms with Gasteiger partial charge in [0.2, 0.25) is 0 Å². The third-order valence-electron chi connectivity index (χ3n) is 5.46. The smallest absolute Gasteiger partial charge is 0.382 e. The lowest BCUT2D eigenvalue weighted by atomic mass is 10.2. The molecule has 1 aliphatic carbocycles. The number of amides is 3. The van der Waals surface area contributed by atoms with Gasteiger partial charge in [0.1, 0.15) is 12.2 Å². The van der Waals surface area contributed by atoms with Crippen LogP contribution in [0.25, 0.3) is 5.82 Å². The zero-order valence-electron chi connectivity index (χ0n) is 19.6. The van der Waals surface area contributed by atoms with Crippen molar-refractivity contribution in [2.24, 2.45) is 0 Å². The number of carbonyl (C=O) groups excluding carboxylic acids is 2. The molecule has 0 saturated heterocycles. The van der Waals surface area contributed by atoms with Gasteiger partial charge in [-0.15, -0.1) is 5.10 Å². The van der Waals surface area contributed by atoms with Gasteiger partial charge in [0, 0.05) is 22.8 Å². The van der Waals surface area contributed by atoms with Crippen LogP contribution in [0.3, 0.4) is 0 Å². The number of carbonyl (C=O) groups is 2. The molecule has 15 heteroatoms. The summed E-state index contributed by atoms with van der Waals surface area (Å²) in [5.41, 5.74) is 0.372. The number of nitrogens with one attached hydrogen (secondary N) is 3. The predicted molar refractivity (Wildman–Crippen MR) is 129 cm³/mol. The van der Waals surface area contributed by atoms with E-state index in [9.17, 15) is 27.9 Å². The van der Waals surface area contributed by atoms with E-state index in [-0.39, 0.29) is 41.3 Å². The van der Waals surface area contributed by atoms with Crippen LogP contribution >= 0.6 is 11.6 Å². The summed E-state index contributed by atoms with van der Waals surface area (Å²) in [6, 6.07) is 7.76. The number of nitrogens with zero attached hydrogens (tertiary/aromatic N) is 5. The first kappa shape index (κ1) is 27.0. The van der Waals surface area contributed by atoms with E-state index in [0.717, 1.165) is 12.8 Å². The van der Waals surface area contributed by atoms with Crippen molar-refractivity contribution in [2.45, 2.75) is 37.7 Å². The summed E-state index contributed by atoms with van der Waals surface area (Å²) < 4.78 is 40.3. The summed E-state index contributed by atoms with van der Waals surface area (Å²) >= 11 is 5.82. The SMILES string of the molecule is N=C(c1ccc(Cl)cc1)N(C[C@H](O)C(F)(F)F)C(=O)NCc1ncn(-c2ncccc2C(=O)NC2CC2)n1. The Morgan fingerprint density at radius 2 is 1.92 bits per heavy atom. The molecular weight excluding hydrogens is 529 g/mol. The summed E-state index contributed by atoms with van der Waals surface area (Å²) in [4.78, 5) is 34.1. The lowest BCUT2D eigenvalue weighted by molar-refractivity contribution is -0.204. The van der Waals surface area contributed by atoms with Gasteiger partial charge in [-0.1, -0.05) is 11.6 Å². The molecule has 200 valence electrons. The van der Waals surface area contributed by atoms with Gasteiger partial charge in [-0.3, -0.25) is 15.1 Å². The molecule has 3 aromatic rings. The number of hydrogen-bond donors (Lipinski definition) is 4. The number of pyridine rings is 1. The standard InChI is InChI=1S/C23H22ClF3N8O3/c24-14-5-3-13(4-6-14)19(28)34(11-17(36)23(25,26)27)22(38)30-10-18-31-12-35(33-18)20-16(2-1-9-29-20)21(37)32-15-7-8-15/h1-6,9,12,15,17,28,36H,7-8,10-11H2,(H,30,38)(H,32,37)/t17-/m0/s1. The maximum Gasteiger partial charge on any atom is 0.416 e. The second kappa shape index (κ2) is 11.1. The molecule has 2 aromatic heterocycles. The van der Waals surface area contributed by atoms with E-state index < -0.39 is 30.7 Å². The fraction of sp³-hybridized carbons (Fsp3) is 0.304. The van der Waals surface area contributed by atoms with Crippen LogP contribution in [-0.4, -0.2) is 72.4 Å². The Morgan fingerprint density at radius 3 is 2.58 bits per heavy atom. The van der Waals surface area contributed by atoms with E-state index >= 15 is 0 Å². The number of rotatable bonds is 8. The Bertz CT molecular complexity index is 1330. The average molecular weight is 551 g/mol. The first-order chi connectivity index (χ1) is 18.0. The van der Waals surface area contributed by atoms with Gasteiger partial charge in [0.05, 0.1) is 18.7 Å². The Balaban J connectivity index is 1.48. The summed E-state index contributed by atoms with van der Waals surface area (Å²) in [7, 11) is 0. The minimum absolute atomic E-state index is 0.0619. The zero-order chi connectivity index (χ0) is 27.4. The molecule has 0 aliphatic heterocycles. The fourth-order valence-electron chi connectivity index (χ4n) is 3.29. The van der Waals surface area contributed by atoms with Crippen LogP contribution in [0.5, 0.6) is 0 Å². The van der Waals surface area contributed by atoms with Crippen molar-refractivity contribution < 1.29 is 27.9 Å². The number of urea groups is 1. The Morgan fingerprint density at radius 1 is 1.21 bits per heavy atom. The van der Waals surface area contributed by atoms with E-state index in [1.807, 2.05) is 0 Å². The molecular formula is C23H22ClF3N8O3. The van der Waals surface area contributed by atoms with Crippen LogP contribution < -0.4 is 10.6 Å². The molecule has 0 radical (unpaired) electrons. The number of alkyl halides is 3. The third kappa shape index (κ3) is 6.63. The van der Waals surface area contributed by atoms with Gasteiger partial charge in [0.25, 0.3) is 5.91 Å². The molecule has 0 bridgehead atoms.